The number of rotatable bonds is 5. The normalized spacial score (nSPS) is 18.9. The van der Waals surface area contributed by atoms with Crippen LogP contribution < -0.4 is 11.1 Å². The Hall–Kier alpha value is -2.44. The van der Waals surface area contributed by atoms with Gasteiger partial charge in [-0.05, 0) is 60.8 Å². The fourth-order valence-corrected chi connectivity index (χ4v) is 5.98. The summed E-state index contributed by atoms with van der Waals surface area (Å²) in [4.78, 5) is 18.6. The average Bonchev–Trinajstić information content (AvgIpc) is 3.33. The second-order valence-electron chi connectivity index (χ2n) is 8.87. The second-order valence-corrected chi connectivity index (χ2v) is 9.87. The summed E-state index contributed by atoms with van der Waals surface area (Å²) in [5.41, 5.74) is 11.2. The second kappa shape index (κ2) is 8.60. The van der Waals surface area contributed by atoms with Crippen molar-refractivity contribution in [3.63, 3.8) is 0 Å². The van der Waals surface area contributed by atoms with Gasteiger partial charge < -0.3 is 16.2 Å². The van der Waals surface area contributed by atoms with Crippen molar-refractivity contribution in [2.45, 2.75) is 63.4 Å². The first-order valence-corrected chi connectivity index (χ1v) is 12.2. The van der Waals surface area contributed by atoms with Gasteiger partial charge in [-0.2, -0.15) is 0 Å². The standard InChI is InChI=1S/C25H29N3O2S/c26-21-19-14-18-10-11-20(29)22(18)28-25(19)31-23(21)24(30)27-13-12-15-6-8-17(9-7-15)16-4-2-1-3-5-16/h6-9,14,16,20,29H,1-5,10-13,26H2,(H,27,30). The Balaban J connectivity index is 1.22. The van der Waals surface area contributed by atoms with Crippen LogP contribution in [0, 0.1) is 0 Å². The molecule has 2 heterocycles. The first-order chi connectivity index (χ1) is 15.1. The van der Waals surface area contributed by atoms with Gasteiger partial charge >= 0.3 is 0 Å². The molecule has 5 rings (SSSR count). The SMILES string of the molecule is Nc1c(C(=O)NCCc2ccc(C3CCCCC3)cc2)sc2nc3c(cc12)CCC3O. The molecular weight excluding hydrogens is 406 g/mol. The number of nitrogen functional groups attached to an aromatic ring is 1. The molecule has 1 amide bonds. The molecule has 1 atom stereocenters. The minimum absolute atomic E-state index is 0.153. The third kappa shape index (κ3) is 4.06. The van der Waals surface area contributed by atoms with E-state index in [9.17, 15) is 9.90 Å². The van der Waals surface area contributed by atoms with Gasteiger partial charge in [-0.15, -0.1) is 11.3 Å². The van der Waals surface area contributed by atoms with Crippen LogP contribution in [0.25, 0.3) is 10.2 Å². The number of hydrogen-bond donors (Lipinski definition) is 3. The molecule has 1 aromatic carbocycles. The van der Waals surface area contributed by atoms with Gasteiger partial charge in [-0.1, -0.05) is 43.5 Å². The highest BCUT2D eigenvalue weighted by atomic mass is 32.1. The number of amides is 1. The Morgan fingerprint density at radius 1 is 1.16 bits per heavy atom. The van der Waals surface area contributed by atoms with Crippen LogP contribution in [0.3, 0.4) is 0 Å². The summed E-state index contributed by atoms with van der Waals surface area (Å²) < 4.78 is 0. The molecule has 162 valence electrons. The average molecular weight is 436 g/mol. The Bertz CT molecular complexity index is 1100. The molecule has 2 aliphatic rings. The van der Waals surface area contributed by atoms with E-state index < -0.39 is 6.10 Å². The topological polar surface area (TPSA) is 88.2 Å². The quantitative estimate of drug-likeness (QED) is 0.533. The fourth-order valence-electron chi connectivity index (χ4n) is 4.98. The molecule has 0 bridgehead atoms. The van der Waals surface area contributed by atoms with E-state index in [0.29, 0.717) is 23.5 Å². The minimum atomic E-state index is -0.510. The molecule has 5 nitrogen and oxygen atoms in total. The number of thiophene rings is 1. The van der Waals surface area contributed by atoms with Crippen LogP contribution in [0.2, 0.25) is 0 Å². The van der Waals surface area contributed by atoms with Gasteiger partial charge in [0, 0.05) is 11.9 Å². The summed E-state index contributed by atoms with van der Waals surface area (Å²) >= 11 is 1.30. The fraction of sp³-hybridized carbons (Fsp3) is 0.440. The van der Waals surface area contributed by atoms with Gasteiger partial charge in [-0.3, -0.25) is 4.79 Å². The number of carbonyl (C=O) groups excluding carboxylic acids is 1. The summed E-state index contributed by atoms with van der Waals surface area (Å²) in [6, 6.07) is 10.9. The Labute approximate surface area is 186 Å². The van der Waals surface area contributed by atoms with Crippen molar-refractivity contribution in [2.24, 2.45) is 0 Å². The van der Waals surface area contributed by atoms with Crippen molar-refractivity contribution in [3.8, 4) is 0 Å². The first kappa shape index (κ1) is 20.5. The largest absolute Gasteiger partial charge is 0.397 e. The van der Waals surface area contributed by atoms with Crippen LogP contribution in [0.5, 0.6) is 0 Å². The monoisotopic (exact) mass is 435 g/mol. The number of hydrogen-bond acceptors (Lipinski definition) is 5. The molecule has 0 saturated heterocycles. The van der Waals surface area contributed by atoms with Gasteiger partial charge in [-0.25, -0.2) is 4.98 Å². The lowest BCUT2D eigenvalue weighted by Gasteiger charge is -2.22. The molecule has 31 heavy (non-hydrogen) atoms. The smallest absolute Gasteiger partial charge is 0.263 e. The van der Waals surface area contributed by atoms with E-state index in [-0.39, 0.29) is 5.91 Å². The van der Waals surface area contributed by atoms with E-state index >= 15 is 0 Å². The number of nitrogens with zero attached hydrogens (tertiary/aromatic N) is 1. The minimum Gasteiger partial charge on any atom is -0.397 e. The molecule has 1 unspecified atom stereocenters. The Morgan fingerprint density at radius 2 is 1.94 bits per heavy atom. The van der Waals surface area contributed by atoms with Crippen LogP contribution in [-0.4, -0.2) is 22.5 Å². The van der Waals surface area contributed by atoms with Gasteiger partial charge in [0.1, 0.15) is 9.71 Å². The number of carbonyl (C=O) groups is 1. The van der Waals surface area contributed by atoms with Crippen molar-refractivity contribution >= 4 is 33.1 Å². The molecule has 2 aliphatic carbocycles. The van der Waals surface area contributed by atoms with Crippen LogP contribution in [0.1, 0.15) is 82.6 Å². The molecule has 6 heteroatoms. The maximum Gasteiger partial charge on any atom is 0.263 e. The molecule has 0 radical (unpaired) electrons. The van der Waals surface area contributed by atoms with E-state index in [4.69, 9.17) is 5.73 Å². The van der Waals surface area contributed by atoms with E-state index in [2.05, 4.69) is 34.6 Å². The predicted molar refractivity (Wildman–Crippen MR) is 126 cm³/mol. The predicted octanol–water partition coefficient (Wildman–Crippen LogP) is 4.88. The lowest BCUT2D eigenvalue weighted by atomic mass is 9.84. The number of anilines is 1. The molecule has 1 saturated carbocycles. The molecule has 4 N–H and O–H groups in total. The lowest BCUT2D eigenvalue weighted by Crippen LogP contribution is -2.25. The van der Waals surface area contributed by atoms with Crippen LogP contribution in [0.4, 0.5) is 5.69 Å². The maximum absolute atomic E-state index is 12.7. The van der Waals surface area contributed by atoms with Crippen LogP contribution >= 0.6 is 11.3 Å². The maximum atomic E-state index is 12.7. The van der Waals surface area contributed by atoms with Crippen LogP contribution in [-0.2, 0) is 12.8 Å². The van der Waals surface area contributed by atoms with Gasteiger partial charge in [0.05, 0.1) is 17.5 Å². The summed E-state index contributed by atoms with van der Waals surface area (Å²) in [5.74, 6) is 0.564. The zero-order valence-corrected chi connectivity index (χ0v) is 18.5. The number of nitrogens with one attached hydrogen (secondary N) is 1. The summed E-state index contributed by atoms with van der Waals surface area (Å²) in [5, 5.41) is 13.9. The third-order valence-corrected chi connectivity index (χ3v) is 7.91. The Morgan fingerprint density at radius 3 is 2.71 bits per heavy atom. The van der Waals surface area contributed by atoms with Crippen LogP contribution in [0.15, 0.2) is 30.3 Å². The van der Waals surface area contributed by atoms with Gasteiger partial charge in [0.15, 0.2) is 0 Å². The number of nitrogens with two attached hydrogens (primary N) is 1. The number of aliphatic hydroxyl groups is 1. The molecule has 1 fully saturated rings. The third-order valence-electron chi connectivity index (χ3n) is 6.80. The number of fused-ring (bicyclic) bond motifs is 2. The highest BCUT2D eigenvalue weighted by molar-refractivity contribution is 7.21. The molecule has 0 spiro atoms. The highest BCUT2D eigenvalue weighted by Crippen LogP contribution is 2.38. The Kier molecular flexibility index (Phi) is 5.67. The number of aryl methyl sites for hydroxylation is 1. The molecule has 2 aromatic heterocycles. The van der Waals surface area contributed by atoms with E-state index in [1.807, 2.05) is 6.07 Å². The van der Waals surface area contributed by atoms with E-state index in [1.54, 1.807) is 0 Å². The summed E-state index contributed by atoms with van der Waals surface area (Å²) in [7, 11) is 0. The zero-order valence-electron chi connectivity index (χ0n) is 17.7. The molecule has 0 aliphatic heterocycles. The summed E-state index contributed by atoms with van der Waals surface area (Å²) in [6.45, 7) is 0.567. The zero-order chi connectivity index (χ0) is 21.4. The van der Waals surface area contributed by atoms with Crippen molar-refractivity contribution in [3.05, 3.63) is 57.6 Å². The first-order valence-electron chi connectivity index (χ1n) is 11.4. The van der Waals surface area contributed by atoms with Gasteiger partial charge in [0.2, 0.25) is 0 Å². The van der Waals surface area contributed by atoms with E-state index in [1.165, 1.54) is 54.6 Å². The molecular formula is C25H29N3O2S. The van der Waals surface area contributed by atoms with Crippen molar-refractivity contribution in [1.29, 1.82) is 0 Å². The lowest BCUT2D eigenvalue weighted by molar-refractivity contribution is 0.0959. The molecule has 3 aromatic rings. The van der Waals surface area contributed by atoms with Crippen molar-refractivity contribution < 1.29 is 9.90 Å². The number of benzene rings is 1. The highest BCUT2D eigenvalue weighted by Gasteiger charge is 2.25. The van der Waals surface area contributed by atoms with Gasteiger partial charge in [0.25, 0.3) is 5.91 Å². The number of aliphatic hydroxyl groups excluding tert-OH is 1. The van der Waals surface area contributed by atoms with Crippen molar-refractivity contribution in [1.82, 2.24) is 10.3 Å². The summed E-state index contributed by atoms with van der Waals surface area (Å²) in [6.07, 6.45) is 8.47. The van der Waals surface area contributed by atoms with E-state index in [0.717, 1.165) is 40.2 Å². The number of pyridine rings is 1. The van der Waals surface area contributed by atoms with Crippen molar-refractivity contribution in [2.75, 3.05) is 12.3 Å². The number of aromatic nitrogens is 1.